The Bertz CT molecular complexity index is 260. The van der Waals surface area contributed by atoms with Gasteiger partial charge in [-0.1, -0.05) is 39.5 Å². The third kappa shape index (κ3) is 4.73. The molecule has 3 unspecified atom stereocenters. The molecule has 1 heterocycles. The zero-order valence-corrected chi connectivity index (χ0v) is 14.0. The van der Waals surface area contributed by atoms with Crippen LogP contribution in [-0.4, -0.2) is 36.6 Å². The van der Waals surface area contributed by atoms with Gasteiger partial charge in [0, 0.05) is 18.6 Å². The standard InChI is InChI=1S/C18H36N2/c1-4-15(2)13-16(3)20-12-8-11-19-18(14-20)17-9-6-5-7-10-17/h15-19H,4-14H2,1-3H3. The third-order valence-electron chi connectivity index (χ3n) is 5.74. The molecule has 0 bridgehead atoms. The van der Waals surface area contributed by atoms with Crippen molar-refractivity contribution in [1.82, 2.24) is 10.2 Å². The molecule has 1 N–H and O–H groups in total. The van der Waals surface area contributed by atoms with Crippen molar-refractivity contribution in [3.05, 3.63) is 0 Å². The molecule has 2 rings (SSSR count). The first kappa shape index (κ1) is 16.3. The van der Waals surface area contributed by atoms with E-state index in [-0.39, 0.29) is 0 Å². The summed E-state index contributed by atoms with van der Waals surface area (Å²) in [6.07, 6.45) is 11.3. The molecule has 1 aliphatic heterocycles. The minimum atomic E-state index is 0.760. The van der Waals surface area contributed by atoms with E-state index in [4.69, 9.17) is 0 Å². The Hall–Kier alpha value is -0.0800. The fourth-order valence-corrected chi connectivity index (χ4v) is 4.13. The highest BCUT2D eigenvalue weighted by Gasteiger charge is 2.28. The van der Waals surface area contributed by atoms with Gasteiger partial charge in [-0.3, -0.25) is 4.90 Å². The van der Waals surface area contributed by atoms with E-state index in [9.17, 15) is 0 Å². The average Bonchev–Trinajstić information content (AvgIpc) is 2.74. The van der Waals surface area contributed by atoms with Crippen molar-refractivity contribution in [3.8, 4) is 0 Å². The van der Waals surface area contributed by atoms with Crippen LogP contribution in [0.2, 0.25) is 0 Å². The van der Waals surface area contributed by atoms with Crippen LogP contribution in [0.4, 0.5) is 0 Å². The van der Waals surface area contributed by atoms with Crippen LogP contribution in [0.5, 0.6) is 0 Å². The number of nitrogens with zero attached hydrogens (tertiary/aromatic N) is 1. The lowest BCUT2D eigenvalue weighted by Crippen LogP contribution is -2.46. The zero-order valence-electron chi connectivity index (χ0n) is 14.0. The SMILES string of the molecule is CCC(C)CC(C)N1CCCNC(C2CCCCC2)C1. The number of hydrogen-bond donors (Lipinski definition) is 1. The Morgan fingerprint density at radius 1 is 1.10 bits per heavy atom. The molecule has 3 atom stereocenters. The van der Waals surface area contributed by atoms with Gasteiger partial charge >= 0.3 is 0 Å². The molecule has 20 heavy (non-hydrogen) atoms. The summed E-state index contributed by atoms with van der Waals surface area (Å²) in [5.74, 6) is 1.81. The first-order valence-corrected chi connectivity index (χ1v) is 9.18. The predicted molar refractivity (Wildman–Crippen MR) is 88.1 cm³/mol. The topological polar surface area (TPSA) is 15.3 Å². The highest BCUT2D eigenvalue weighted by Crippen LogP contribution is 2.28. The molecule has 2 aliphatic rings. The van der Waals surface area contributed by atoms with Crippen molar-refractivity contribution in [2.75, 3.05) is 19.6 Å². The van der Waals surface area contributed by atoms with Gasteiger partial charge in [-0.2, -0.15) is 0 Å². The Labute approximate surface area is 126 Å². The van der Waals surface area contributed by atoms with Crippen molar-refractivity contribution >= 4 is 0 Å². The molecule has 0 aromatic rings. The summed E-state index contributed by atoms with van der Waals surface area (Å²) in [5, 5.41) is 3.86. The zero-order chi connectivity index (χ0) is 14.4. The maximum absolute atomic E-state index is 3.86. The molecule has 0 aromatic heterocycles. The maximum atomic E-state index is 3.86. The second-order valence-corrected chi connectivity index (χ2v) is 7.41. The molecule has 0 radical (unpaired) electrons. The molecule has 0 aromatic carbocycles. The predicted octanol–water partition coefficient (Wildman–Crippen LogP) is 4.06. The van der Waals surface area contributed by atoms with E-state index in [1.165, 1.54) is 71.0 Å². The van der Waals surface area contributed by atoms with Crippen molar-refractivity contribution in [3.63, 3.8) is 0 Å². The van der Waals surface area contributed by atoms with Crippen LogP contribution in [-0.2, 0) is 0 Å². The molecule has 2 nitrogen and oxygen atoms in total. The molecule has 2 fully saturated rings. The van der Waals surface area contributed by atoms with E-state index in [1.807, 2.05) is 0 Å². The van der Waals surface area contributed by atoms with E-state index >= 15 is 0 Å². The molecule has 1 aliphatic carbocycles. The maximum Gasteiger partial charge on any atom is 0.0223 e. The average molecular weight is 280 g/mol. The number of rotatable bonds is 5. The van der Waals surface area contributed by atoms with E-state index in [0.29, 0.717) is 0 Å². The molecular weight excluding hydrogens is 244 g/mol. The lowest BCUT2D eigenvalue weighted by atomic mass is 9.83. The smallest absolute Gasteiger partial charge is 0.0223 e. The minimum Gasteiger partial charge on any atom is -0.312 e. The summed E-state index contributed by atoms with van der Waals surface area (Å²) in [5.41, 5.74) is 0. The van der Waals surface area contributed by atoms with Crippen LogP contribution in [0.25, 0.3) is 0 Å². The summed E-state index contributed by atoms with van der Waals surface area (Å²) in [4.78, 5) is 2.78. The van der Waals surface area contributed by atoms with Gasteiger partial charge in [-0.15, -0.1) is 0 Å². The summed E-state index contributed by atoms with van der Waals surface area (Å²) < 4.78 is 0. The van der Waals surface area contributed by atoms with Crippen LogP contribution in [0.1, 0.15) is 72.1 Å². The molecule has 1 saturated heterocycles. The third-order valence-corrected chi connectivity index (χ3v) is 5.74. The molecular formula is C18H36N2. The van der Waals surface area contributed by atoms with Gasteiger partial charge < -0.3 is 5.32 Å². The highest BCUT2D eigenvalue weighted by atomic mass is 15.2. The fourth-order valence-electron chi connectivity index (χ4n) is 4.13. The first-order valence-electron chi connectivity index (χ1n) is 9.18. The van der Waals surface area contributed by atoms with Crippen LogP contribution >= 0.6 is 0 Å². The molecule has 0 spiro atoms. The normalized spacial score (nSPS) is 29.9. The highest BCUT2D eigenvalue weighted by molar-refractivity contribution is 4.86. The van der Waals surface area contributed by atoms with Crippen molar-refractivity contribution in [1.29, 1.82) is 0 Å². The summed E-state index contributed by atoms with van der Waals surface area (Å²) in [7, 11) is 0. The second kappa shape index (κ2) is 8.38. The first-order chi connectivity index (χ1) is 9.70. The number of hydrogen-bond acceptors (Lipinski definition) is 2. The fraction of sp³-hybridized carbons (Fsp3) is 1.00. The molecule has 1 saturated carbocycles. The van der Waals surface area contributed by atoms with Crippen molar-refractivity contribution < 1.29 is 0 Å². The summed E-state index contributed by atoms with van der Waals surface area (Å²) in [6.45, 7) is 11.0. The lowest BCUT2D eigenvalue weighted by Gasteiger charge is -2.36. The van der Waals surface area contributed by atoms with Gasteiger partial charge in [-0.05, 0) is 57.5 Å². The van der Waals surface area contributed by atoms with Gasteiger partial charge in [0.15, 0.2) is 0 Å². The Morgan fingerprint density at radius 3 is 2.55 bits per heavy atom. The van der Waals surface area contributed by atoms with Crippen molar-refractivity contribution in [2.45, 2.75) is 84.2 Å². The molecule has 2 heteroatoms. The van der Waals surface area contributed by atoms with Crippen LogP contribution < -0.4 is 5.32 Å². The van der Waals surface area contributed by atoms with Crippen LogP contribution in [0.3, 0.4) is 0 Å². The van der Waals surface area contributed by atoms with E-state index in [0.717, 1.165) is 23.9 Å². The summed E-state index contributed by atoms with van der Waals surface area (Å²) >= 11 is 0. The Kier molecular flexibility index (Phi) is 6.83. The minimum absolute atomic E-state index is 0.760. The largest absolute Gasteiger partial charge is 0.312 e. The monoisotopic (exact) mass is 280 g/mol. The molecule has 118 valence electrons. The summed E-state index contributed by atoms with van der Waals surface area (Å²) in [6, 6.07) is 1.52. The Morgan fingerprint density at radius 2 is 1.85 bits per heavy atom. The lowest BCUT2D eigenvalue weighted by molar-refractivity contribution is 0.153. The van der Waals surface area contributed by atoms with E-state index in [2.05, 4.69) is 31.0 Å². The number of nitrogens with one attached hydrogen (secondary N) is 1. The van der Waals surface area contributed by atoms with Gasteiger partial charge in [0.05, 0.1) is 0 Å². The van der Waals surface area contributed by atoms with Crippen LogP contribution in [0, 0.1) is 11.8 Å². The Balaban J connectivity index is 1.88. The van der Waals surface area contributed by atoms with E-state index < -0.39 is 0 Å². The van der Waals surface area contributed by atoms with Gasteiger partial charge in [-0.25, -0.2) is 0 Å². The van der Waals surface area contributed by atoms with E-state index in [1.54, 1.807) is 0 Å². The molecule has 0 amide bonds. The van der Waals surface area contributed by atoms with Gasteiger partial charge in [0.25, 0.3) is 0 Å². The van der Waals surface area contributed by atoms with Crippen molar-refractivity contribution in [2.24, 2.45) is 11.8 Å². The van der Waals surface area contributed by atoms with Crippen LogP contribution in [0.15, 0.2) is 0 Å². The van der Waals surface area contributed by atoms with Gasteiger partial charge in [0.2, 0.25) is 0 Å². The van der Waals surface area contributed by atoms with Gasteiger partial charge in [0.1, 0.15) is 0 Å². The second-order valence-electron chi connectivity index (χ2n) is 7.41. The quantitative estimate of drug-likeness (QED) is 0.817.